The fourth-order valence-electron chi connectivity index (χ4n) is 3.98. The molecule has 0 spiro atoms. The second-order valence-electron chi connectivity index (χ2n) is 7.39. The standard InChI is InChI=1S/C18H26N6O/c1-14-10-19-13-23(18(14)25)11-15-5-8-22(9-6-15)12-17-21-20-16-4-2-3-7-24(16)17/h10,13,15H,2-9,11-12H2,1H3. The highest BCUT2D eigenvalue weighted by atomic mass is 16.1. The van der Waals surface area contributed by atoms with E-state index in [2.05, 4.69) is 24.6 Å². The predicted octanol–water partition coefficient (Wildman–Crippen LogP) is 1.39. The lowest BCUT2D eigenvalue weighted by molar-refractivity contribution is 0.161. The third-order valence-electron chi connectivity index (χ3n) is 5.54. The Labute approximate surface area is 147 Å². The molecule has 0 bridgehead atoms. The average molecular weight is 342 g/mol. The first-order valence-electron chi connectivity index (χ1n) is 9.35. The quantitative estimate of drug-likeness (QED) is 0.840. The Balaban J connectivity index is 1.33. The number of aromatic nitrogens is 5. The summed E-state index contributed by atoms with van der Waals surface area (Å²) in [5, 5.41) is 8.77. The number of fused-ring (bicyclic) bond motifs is 1. The van der Waals surface area contributed by atoms with Crippen molar-refractivity contribution < 1.29 is 0 Å². The molecule has 0 unspecified atom stereocenters. The van der Waals surface area contributed by atoms with Gasteiger partial charge in [-0.1, -0.05) is 0 Å². The SMILES string of the molecule is Cc1cncn(CC2CCN(Cc3nnc4n3CCCC4)CC2)c1=O. The van der Waals surface area contributed by atoms with Crippen LogP contribution in [0.25, 0.3) is 0 Å². The Morgan fingerprint density at radius 1 is 1.16 bits per heavy atom. The number of aryl methyl sites for hydroxylation is 2. The largest absolute Gasteiger partial charge is 0.314 e. The lowest BCUT2D eigenvalue weighted by Gasteiger charge is -2.32. The Hall–Kier alpha value is -2.02. The van der Waals surface area contributed by atoms with Crippen LogP contribution in [-0.2, 0) is 26.1 Å². The highest BCUT2D eigenvalue weighted by Gasteiger charge is 2.23. The molecule has 0 amide bonds. The number of nitrogens with zero attached hydrogens (tertiary/aromatic N) is 6. The molecule has 0 aliphatic carbocycles. The van der Waals surface area contributed by atoms with E-state index in [1.165, 1.54) is 12.8 Å². The average Bonchev–Trinajstić information content (AvgIpc) is 3.04. The van der Waals surface area contributed by atoms with Gasteiger partial charge in [-0.25, -0.2) is 4.98 Å². The van der Waals surface area contributed by atoms with E-state index in [1.54, 1.807) is 17.1 Å². The number of piperidine rings is 1. The van der Waals surface area contributed by atoms with Gasteiger partial charge in [-0.2, -0.15) is 0 Å². The maximum absolute atomic E-state index is 12.1. The van der Waals surface area contributed by atoms with Crippen molar-refractivity contribution in [3.05, 3.63) is 40.1 Å². The van der Waals surface area contributed by atoms with Crippen LogP contribution >= 0.6 is 0 Å². The normalized spacial score (nSPS) is 19.1. The number of rotatable bonds is 4. The van der Waals surface area contributed by atoms with E-state index < -0.39 is 0 Å². The predicted molar refractivity (Wildman–Crippen MR) is 94.2 cm³/mol. The van der Waals surface area contributed by atoms with Crippen molar-refractivity contribution in [1.82, 2.24) is 29.2 Å². The number of hydrogen-bond acceptors (Lipinski definition) is 5. The molecule has 0 aromatic carbocycles. The van der Waals surface area contributed by atoms with Gasteiger partial charge in [0.05, 0.1) is 12.9 Å². The molecule has 2 aliphatic heterocycles. The summed E-state index contributed by atoms with van der Waals surface area (Å²) in [6.07, 6.45) is 9.07. The van der Waals surface area contributed by atoms with Crippen LogP contribution in [0.4, 0.5) is 0 Å². The Bertz CT molecular complexity index is 787. The molecule has 2 aromatic rings. The first-order chi connectivity index (χ1) is 12.2. The van der Waals surface area contributed by atoms with Gasteiger partial charge in [0.2, 0.25) is 0 Å². The maximum Gasteiger partial charge on any atom is 0.256 e. The Kier molecular flexibility index (Phi) is 4.65. The third kappa shape index (κ3) is 3.51. The second-order valence-corrected chi connectivity index (χ2v) is 7.39. The summed E-state index contributed by atoms with van der Waals surface area (Å²) >= 11 is 0. The lowest BCUT2D eigenvalue weighted by atomic mass is 9.96. The summed E-state index contributed by atoms with van der Waals surface area (Å²) in [6.45, 7) is 6.68. The maximum atomic E-state index is 12.1. The molecular formula is C18H26N6O. The Morgan fingerprint density at radius 3 is 2.84 bits per heavy atom. The van der Waals surface area contributed by atoms with Gasteiger partial charge < -0.3 is 4.57 Å². The molecule has 1 fully saturated rings. The van der Waals surface area contributed by atoms with Gasteiger partial charge in [-0.05, 0) is 51.6 Å². The van der Waals surface area contributed by atoms with Gasteiger partial charge in [0.1, 0.15) is 11.6 Å². The zero-order valence-electron chi connectivity index (χ0n) is 14.9. The molecule has 25 heavy (non-hydrogen) atoms. The highest BCUT2D eigenvalue weighted by molar-refractivity contribution is 5.01. The van der Waals surface area contributed by atoms with Crippen molar-refractivity contribution in [3.8, 4) is 0 Å². The van der Waals surface area contributed by atoms with E-state index in [4.69, 9.17) is 0 Å². The molecule has 2 aromatic heterocycles. The molecule has 134 valence electrons. The van der Waals surface area contributed by atoms with E-state index in [9.17, 15) is 4.79 Å². The van der Waals surface area contributed by atoms with Crippen molar-refractivity contribution in [2.75, 3.05) is 13.1 Å². The van der Waals surface area contributed by atoms with Crippen LogP contribution in [0, 0.1) is 12.8 Å². The summed E-state index contributed by atoms with van der Waals surface area (Å²) < 4.78 is 4.08. The monoisotopic (exact) mass is 342 g/mol. The Morgan fingerprint density at radius 2 is 2.00 bits per heavy atom. The summed E-state index contributed by atoms with van der Waals surface area (Å²) in [5.41, 5.74) is 0.809. The van der Waals surface area contributed by atoms with E-state index in [-0.39, 0.29) is 5.56 Å². The zero-order valence-corrected chi connectivity index (χ0v) is 14.9. The molecular weight excluding hydrogens is 316 g/mol. The topological polar surface area (TPSA) is 68.8 Å². The van der Waals surface area contributed by atoms with Crippen molar-refractivity contribution >= 4 is 0 Å². The third-order valence-corrected chi connectivity index (χ3v) is 5.54. The van der Waals surface area contributed by atoms with Gasteiger partial charge in [-0.15, -0.1) is 10.2 Å². The van der Waals surface area contributed by atoms with Gasteiger partial charge >= 0.3 is 0 Å². The van der Waals surface area contributed by atoms with E-state index in [0.717, 1.165) is 69.2 Å². The van der Waals surface area contributed by atoms with Crippen LogP contribution in [0.2, 0.25) is 0 Å². The number of hydrogen-bond donors (Lipinski definition) is 0. The highest BCUT2D eigenvalue weighted by Crippen LogP contribution is 2.21. The fraction of sp³-hybridized carbons (Fsp3) is 0.667. The van der Waals surface area contributed by atoms with Gasteiger partial charge in [0.25, 0.3) is 5.56 Å². The molecule has 0 N–H and O–H groups in total. The minimum absolute atomic E-state index is 0.0903. The molecule has 2 aliphatic rings. The summed E-state index contributed by atoms with van der Waals surface area (Å²) in [4.78, 5) is 18.8. The van der Waals surface area contributed by atoms with Crippen LogP contribution in [0.5, 0.6) is 0 Å². The first-order valence-corrected chi connectivity index (χ1v) is 9.35. The van der Waals surface area contributed by atoms with Crippen LogP contribution in [0.3, 0.4) is 0 Å². The molecule has 1 saturated heterocycles. The smallest absolute Gasteiger partial charge is 0.256 e. The molecule has 0 radical (unpaired) electrons. The molecule has 0 atom stereocenters. The minimum atomic E-state index is 0.0903. The molecule has 4 heterocycles. The van der Waals surface area contributed by atoms with Crippen LogP contribution in [0.1, 0.15) is 42.9 Å². The van der Waals surface area contributed by atoms with Crippen molar-refractivity contribution in [3.63, 3.8) is 0 Å². The van der Waals surface area contributed by atoms with E-state index in [1.807, 2.05) is 6.92 Å². The van der Waals surface area contributed by atoms with E-state index >= 15 is 0 Å². The second kappa shape index (κ2) is 7.07. The summed E-state index contributed by atoms with van der Waals surface area (Å²) in [7, 11) is 0. The lowest BCUT2D eigenvalue weighted by Crippen LogP contribution is -2.37. The van der Waals surface area contributed by atoms with Crippen molar-refractivity contribution in [2.45, 2.75) is 58.7 Å². The van der Waals surface area contributed by atoms with Crippen molar-refractivity contribution in [1.29, 1.82) is 0 Å². The van der Waals surface area contributed by atoms with Gasteiger partial charge in [0.15, 0.2) is 0 Å². The van der Waals surface area contributed by atoms with Gasteiger partial charge in [0, 0.05) is 31.3 Å². The first kappa shape index (κ1) is 16.4. The fourth-order valence-corrected chi connectivity index (χ4v) is 3.98. The van der Waals surface area contributed by atoms with E-state index in [0.29, 0.717) is 5.92 Å². The van der Waals surface area contributed by atoms with Crippen molar-refractivity contribution in [2.24, 2.45) is 5.92 Å². The molecule has 7 heteroatoms. The molecule has 0 saturated carbocycles. The van der Waals surface area contributed by atoms with Crippen LogP contribution < -0.4 is 5.56 Å². The van der Waals surface area contributed by atoms with Crippen LogP contribution in [-0.4, -0.2) is 42.3 Å². The molecule has 7 nitrogen and oxygen atoms in total. The zero-order chi connectivity index (χ0) is 17.2. The van der Waals surface area contributed by atoms with Crippen LogP contribution in [0.15, 0.2) is 17.3 Å². The summed E-state index contributed by atoms with van der Waals surface area (Å²) in [5.74, 6) is 2.82. The number of likely N-dealkylation sites (tertiary alicyclic amines) is 1. The minimum Gasteiger partial charge on any atom is -0.314 e. The summed E-state index contributed by atoms with van der Waals surface area (Å²) in [6, 6.07) is 0. The molecule has 4 rings (SSSR count). The van der Waals surface area contributed by atoms with Gasteiger partial charge in [-0.3, -0.25) is 14.3 Å².